The lowest BCUT2D eigenvalue weighted by molar-refractivity contribution is -0.0300. The van der Waals surface area contributed by atoms with Crippen LogP contribution in [0.2, 0.25) is 0 Å². The summed E-state index contributed by atoms with van der Waals surface area (Å²) in [6, 6.07) is 5.16. The number of hydrogen-bond donors (Lipinski definition) is 1. The van der Waals surface area contributed by atoms with E-state index in [1.54, 1.807) is 30.2 Å². The van der Waals surface area contributed by atoms with Crippen molar-refractivity contribution < 1.29 is 19.0 Å². The third kappa shape index (κ3) is 3.28. The van der Waals surface area contributed by atoms with Crippen LogP contribution in [0, 0.1) is 0 Å². The smallest absolute Gasteiger partial charge is 0.257 e. The predicted molar refractivity (Wildman–Crippen MR) is 78.8 cm³/mol. The zero-order valence-corrected chi connectivity index (χ0v) is 12.7. The fraction of sp³-hybridized carbons (Fsp3) is 0.533. The number of nitrogens with two attached hydrogens (primary N) is 1. The summed E-state index contributed by atoms with van der Waals surface area (Å²) in [5, 5.41) is 0. The third-order valence-corrected chi connectivity index (χ3v) is 3.60. The number of carbonyl (C=O) groups excluding carboxylic acids is 1. The molecule has 0 radical (unpaired) electrons. The lowest BCUT2D eigenvalue weighted by Crippen LogP contribution is -2.51. The molecule has 0 aromatic heterocycles. The van der Waals surface area contributed by atoms with Crippen molar-refractivity contribution in [1.29, 1.82) is 0 Å². The average molecular weight is 294 g/mol. The van der Waals surface area contributed by atoms with Gasteiger partial charge in [0.05, 0.1) is 32.5 Å². The summed E-state index contributed by atoms with van der Waals surface area (Å²) in [6.45, 7) is 3.40. The van der Waals surface area contributed by atoms with Crippen molar-refractivity contribution in [2.45, 2.75) is 19.1 Å². The second-order valence-corrected chi connectivity index (χ2v) is 5.06. The number of morpholine rings is 1. The summed E-state index contributed by atoms with van der Waals surface area (Å²) < 4.78 is 16.1. The molecule has 0 saturated carbocycles. The molecule has 1 amide bonds. The van der Waals surface area contributed by atoms with E-state index < -0.39 is 0 Å². The van der Waals surface area contributed by atoms with Crippen LogP contribution in [0.3, 0.4) is 0 Å². The highest BCUT2D eigenvalue weighted by Crippen LogP contribution is 2.31. The van der Waals surface area contributed by atoms with Gasteiger partial charge in [0, 0.05) is 19.1 Å². The fourth-order valence-electron chi connectivity index (χ4n) is 2.40. The summed E-state index contributed by atoms with van der Waals surface area (Å²) >= 11 is 0. The molecule has 1 heterocycles. The molecule has 2 unspecified atom stereocenters. The van der Waals surface area contributed by atoms with Gasteiger partial charge in [-0.2, -0.15) is 0 Å². The highest BCUT2D eigenvalue weighted by Gasteiger charge is 2.29. The molecule has 0 bridgehead atoms. The first-order chi connectivity index (χ1) is 10.1. The van der Waals surface area contributed by atoms with Gasteiger partial charge in [0.2, 0.25) is 0 Å². The second kappa shape index (κ2) is 6.78. The molecule has 1 aliphatic heterocycles. The van der Waals surface area contributed by atoms with Crippen LogP contribution in [0.25, 0.3) is 0 Å². The Balaban J connectivity index is 2.23. The Kier molecular flexibility index (Phi) is 5.03. The van der Waals surface area contributed by atoms with Crippen molar-refractivity contribution >= 4 is 5.91 Å². The van der Waals surface area contributed by atoms with E-state index in [1.807, 2.05) is 6.92 Å². The maximum Gasteiger partial charge on any atom is 0.257 e. The van der Waals surface area contributed by atoms with Crippen LogP contribution in [0.5, 0.6) is 11.5 Å². The number of hydrogen-bond acceptors (Lipinski definition) is 5. The topological polar surface area (TPSA) is 74.0 Å². The number of para-hydroxylation sites is 1. The van der Waals surface area contributed by atoms with E-state index in [0.717, 1.165) is 0 Å². The molecule has 1 saturated heterocycles. The summed E-state index contributed by atoms with van der Waals surface area (Å²) in [7, 11) is 3.08. The van der Waals surface area contributed by atoms with Crippen LogP contribution in [-0.2, 0) is 4.74 Å². The zero-order valence-electron chi connectivity index (χ0n) is 12.7. The third-order valence-electron chi connectivity index (χ3n) is 3.60. The van der Waals surface area contributed by atoms with Gasteiger partial charge in [-0.15, -0.1) is 0 Å². The van der Waals surface area contributed by atoms with Gasteiger partial charge < -0.3 is 24.8 Å². The minimum atomic E-state index is -0.140. The largest absolute Gasteiger partial charge is 0.493 e. The lowest BCUT2D eigenvalue weighted by Gasteiger charge is -2.35. The van der Waals surface area contributed by atoms with Gasteiger partial charge in [-0.25, -0.2) is 0 Å². The first-order valence-electron chi connectivity index (χ1n) is 6.96. The van der Waals surface area contributed by atoms with Crippen molar-refractivity contribution in [1.82, 2.24) is 4.90 Å². The van der Waals surface area contributed by atoms with E-state index >= 15 is 0 Å². The Labute approximate surface area is 124 Å². The van der Waals surface area contributed by atoms with E-state index in [9.17, 15) is 4.79 Å². The van der Waals surface area contributed by atoms with Gasteiger partial charge in [0.1, 0.15) is 0 Å². The molecular formula is C15H22N2O4. The van der Waals surface area contributed by atoms with Gasteiger partial charge >= 0.3 is 0 Å². The molecule has 21 heavy (non-hydrogen) atoms. The van der Waals surface area contributed by atoms with Crippen molar-refractivity contribution in [2.24, 2.45) is 5.73 Å². The van der Waals surface area contributed by atoms with Crippen LogP contribution in [0.4, 0.5) is 0 Å². The number of rotatable bonds is 4. The monoisotopic (exact) mass is 294 g/mol. The molecule has 1 aliphatic rings. The standard InChI is InChI=1S/C15H22N2O4/c1-10(16)13-9-17(7-8-21-13)15(18)11-5-4-6-12(19-2)14(11)20-3/h4-6,10,13H,7-9,16H2,1-3H3. The lowest BCUT2D eigenvalue weighted by atomic mass is 10.1. The SMILES string of the molecule is COc1cccc(C(=O)N2CCOC(C(C)N)C2)c1OC. The van der Waals surface area contributed by atoms with Crippen LogP contribution in [0.15, 0.2) is 18.2 Å². The van der Waals surface area contributed by atoms with Gasteiger partial charge in [-0.05, 0) is 19.1 Å². The first-order valence-corrected chi connectivity index (χ1v) is 6.96. The molecule has 0 aliphatic carbocycles. The zero-order chi connectivity index (χ0) is 15.4. The summed E-state index contributed by atoms with van der Waals surface area (Å²) in [4.78, 5) is 14.5. The van der Waals surface area contributed by atoms with Gasteiger partial charge in [0.15, 0.2) is 11.5 Å². The number of methoxy groups -OCH3 is 2. The quantitative estimate of drug-likeness (QED) is 0.893. The van der Waals surface area contributed by atoms with Crippen LogP contribution in [-0.4, -0.2) is 56.9 Å². The molecular weight excluding hydrogens is 272 g/mol. The Morgan fingerprint density at radius 1 is 1.43 bits per heavy atom. The predicted octanol–water partition coefficient (Wildman–Crippen LogP) is 0.892. The van der Waals surface area contributed by atoms with Crippen LogP contribution in [0.1, 0.15) is 17.3 Å². The van der Waals surface area contributed by atoms with E-state index in [-0.39, 0.29) is 18.1 Å². The van der Waals surface area contributed by atoms with Gasteiger partial charge in [0.25, 0.3) is 5.91 Å². The maximum atomic E-state index is 12.7. The Hall–Kier alpha value is -1.79. The molecule has 1 fully saturated rings. The van der Waals surface area contributed by atoms with Gasteiger partial charge in [-0.1, -0.05) is 6.07 Å². The Bertz CT molecular complexity index is 504. The number of ether oxygens (including phenoxy) is 3. The molecule has 2 N–H and O–H groups in total. The molecule has 2 atom stereocenters. The van der Waals surface area contributed by atoms with E-state index in [1.165, 1.54) is 7.11 Å². The van der Waals surface area contributed by atoms with Crippen LogP contribution >= 0.6 is 0 Å². The summed E-state index contributed by atoms with van der Waals surface area (Å²) in [5.74, 6) is 0.897. The fourth-order valence-corrected chi connectivity index (χ4v) is 2.40. The molecule has 6 nitrogen and oxygen atoms in total. The molecule has 116 valence electrons. The summed E-state index contributed by atoms with van der Waals surface area (Å²) in [6.07, 6.45) is -0.140. The Morgan fingerprint density at radius 2 is 2.19 bits per heavy atom. The highest BCUT2D eigenvalue weighted by molar-refractivity contribution is 5.97. The molecule has 0 spiro atoms. The highest BCUT2D eigenvalue weighted by atomic mass is 16.5. The number of benzene rings is 1. The molecule has 2 rings (SSSR count). The number of amides is 1. The van der Waals surface area contributed by atoms with Gasteiger partial charge in [-0.3, -0.25) is 4.79 Å². The normalized spacial score (nSPS) is 20.0. The number of nitrogens with zero attached hydrogens (tertiary/aromatic N) is 1. The van der Waals surface area contributed by atoms with Crippen molar-refractivity contribution in [3.05, 3.63) is 23.8 Å². The summed E-state index contributed by atoms with van der Waals surface area (Å²) in [5.41, 5.74) is 6.35. The van der Waals surface area contributed by atoms with Crippen molar-refractivity contribution in [3.63, 3.8) is 0 Å². The second-order valence-electron chi connectivity index (χ2n) is 5.06. The van der Waals surface area contributed by atoms with E-state index in [4.69, 9.17) is 19.9 Å². The van der Waals surface area contributed by atoms with Crippen molar-refractivity contribution in [3.8, 4) is 11.5 Å². The molecule has 1 aromatic carbocycles. The Morgan fingerprint density at radius 3 is 2.81 bits per heavy atom. The average Bonchev–Trinajstić information content (AvgIpc) is 2.53. The maximum absolute atomic E-state index is 12.7. The van der Waals surface area contributed by atoms with E-state index in [2.05, 4.69) is 0 Å². The number of carbonyl (C=O) groups is 1. The molecule has 6 heteroatoms. The van der Waals surface area contributed by atoms with Crippen molar-refractivity contribution in [2.75, 3.05) is 33.9 Å². The minimum absolute atomic E-state index is 0.0975. The minimum Gasteiger partial charge on any atom is -0.493 e. The van der Waals surface area contributed by atoms with E-state index in [0.29, 0.717) is 36.8 Å². The first kappa shape index (κ1) is 15.6. The molecule has 1 aromatic rings. The van der Waals surface area contributed by atoms with Crippen LogP contribution < -0.4 is 15.2 Å².